The molecule has 0 spiro atoms. The number of benzene rings is 1. The van der Waals surface area contributed by atoms with E-state index in [1.54, 1.807) is 0 Å². The molecular formula is C16H21ClN4OS. The highest BCUT2D eigenvalue weighted by atomic mass is 35.5. The number of hydrogen-bond donors (Lipinski definition) is 2. The first-order valence-corrected chi connectivity index (χ1v) is 8.92. The van der Waals surface area contributed by atoms with Crippen molar-refractivity contribution in [2.24, 2.45) is 11.8 Å². The molecule has 0 unspecified atom stereocenters. The number of nitrogens with one attached hydrogen (secondary N) is 1. The van der Waals surface area contributed by atoms with Crippen molar-refractivity contribution < 1.29 is 4.74 Å². The van der Waals surface area contributed by atoms with Crippen LogP contribution in [0, 0.1) is 5.92 Å². The Morgan fingerprint density at radius 3 is 2.52 bits per heavy atom. The molecule has 1 aromatic heterocycles. The molecule has 0 aliphatic carbocycles. The molecule has 1 heterocycles. The maximum atomic E-state index is 6.27. The highest BCUT2D eigenvalue weighted by Gasteiger charge is 2.13. The minimum Gasteiger partial charge on any atom is -0.493 e. The van der Waals surface area contributed by atoms with E-state index in [1.165, 1.54) is 11.8 Å². The number of ether oxygens (including phenoxy) is 1. The van der Waals surface area contributed by atoms with Crippen molar-refractivity contribution in [1.82, 2.24) is 9.97 Å². The van der Waals surface area contributed by atoms with Crippen LogP contribution in [0.3, 0.4) is 0 Å². The third-order valence-corrected chi connectivity index (χ3v) is 4.00. The number of halogens is 1. The second-order valence-corrected chi connectivity index (χ2v) is 6.63. The summed E-state index contributed by atoms with van der Waals surface area (Å²) >= 11 is 7.69. The summed E-state index contributed by atoms with van der Waals surface area (Å²) in [5.41, 5.74) is 4.47. The maximum Gasteiger partial charge on any atom is 0.190 e. The lowest BCUT2D eigenvalue weighted by atomic mass is 10.1. The van der Waals surface area contributed by atoms with Gasteiger partial charge in [-0.05, 0) is 29.9 Å². The molecule has 124 valence electrons. The fourth-order valence-corrected chi connectivity index (χ4v) is 2.63. The molecule has 3 N–H and O–H groups in total. The zero-order valence-electron chi connectivity index (χ0n) is 13.5. The van der Waals surface area contributed by atoms with Gasteiger partial charge in [0.15, 0.2) is 5.16 Å². The van der Waals surface area contributed by atoms with Crippen molar-refractivity contribution in [3.05, 3.63) is 40.5 Å². The van der Waals surface area contributed by atoms with E-state index in [0.717, 1.165) is 16.9 Å². The summed E-state index contributed by atoms with van der Waals surface area (Å²) in [5.74, 6) is 7.47. The Balaban J connectivity index is 2.16. The average Bonchev–Trinajstić information content (AvgIpc) is 2.55. The normalized spacial score (nSPS) is 10.9. The van der Waals surface area contributed by atoms with Gasteiger partial charge in [-0.25, -0.2) is 15.8 Å². The van der Waals surface area contributed by atoms with Gasteiger partial charge < -0.3 is 10.2 Å². The van der Waals surface area contributed by atoms with Crippen LogP contribution in [-0.2, 0) is 6.42 Å². The zero-order chi connectivity index (χ0) is 16.8. The Morgan fingerprint density at radius 1 is 1.26 bits per heavy atom. The number of aromatic nitrogens is 2. The molecule has 0 saturated carbocycles. The fourth-order valence-electron chi connectivity index (χ4n) is 1.98. The lowest BCUT2D eigenvalue weighted by Gasteiger charge is -2.12. The van der Waals surface area contributed by atoms with Gasteiger partial charge >= 0.3 is 0 Å². The topological polar surface area (TPSA) is 73.1 Å². The van der Waals surface area contributed by atoms with Gasteiger partial charge in [0.1, 0.15) is 16.7 Å². The molecule has 0 saturated heterocycles. The van der Waals surface area contributed by atoms with Crippen molar-refractivity contribution in [2.45, 2.75) is 25.4 Å². The largest absolute Gasteiger partial charge is 0.493 e. The third-order valence-electron chi connectivity index (χ3n) is 3.14. The van der Waals surface area contributed by atoms with E-state index < -0.39 is 0 Å². The van der Waals surface area contributed by atoms with Crippen LogP contribution < -0.4 is 16.0 Å². The second-order valence-electron chi connectivity index (χ2n) is 5.50. The van der Waals surface area contributed by atoms with Crippen molar-refractivity contribution in [1.29, 1.82) is 0 Å². The lowest BCUT2D eigenvalue weighted by molar-refractivity contribution is 0.271. The monoisotopic (exact) mass is 352 g/mol. The van der Waals surface area contributed by atoms with Crippen LogP contribution in [0.15, 0.2) is 29.4 Å². The summed E-state index contributed by atoms with van der Waals surface area (Å²) in [7, 11) is 0. The number of nitrogens with two attached hydrogens (primary N) is 1. The van der Waals surface area contributed by atoms with E-state index >= 15 is 0 Å². The average molecular weight is 353 g/mol. The second kappa shape index (κ2) is 8.38. The molecule has 2 rings (SSSR count). The number of rotatable bonds is 7. The Hall–Kier alpha value is -1.50. The summed E-state index contributed by atoms with van der Waals surface area (Å²) in [6, 6.07) is 7.93. The Labute approximate surface area is 146 Å². The number of nitrogens with zero attached hydrogens (tertiary/aromatic N) is 2. The van der Waals surface area contributed by atoms with Gasteiger partial charge in [0.2, 0.25) is 0 Å². The third kappa shape index (κ3) is 4.99. The van der Waals surface area contributed by atoms with Crippen LogP contribution in [-0.4, -0.2) is 22.8 Å². The molecule has 0 fully saturated rings. The van der Waals surface area contributed by atoms with Crippen LogP contribution in [0.25, 0.3) is 0 Å². The number of thioether (sulfide) groups is 1. The molecule has 0 amide bonds. The predicted octanol–water partition coefficient (Wildman–Crippen LogP) is 3.76. The van der Waals surface area contributed by atoms with E-state index in [2.05, 4.69) is 29.2 Å². The molecule has 23 heavy (non-hydrogen) atoms. The van der Waals surface area contributed by atoms with E-state index in [4.69, 9.17) is 22.2 Å². The van der Waals surface area contributed by atoms with Crippen LogP contribution in [0.1, 0.15) is 25.0 Å². The highest BCUT2D eigenvalue weighted by Crippen LogP contribution is 2.27. The molecule has 0 radical (unpaired) electrons. The molecule has 5 nitrogen and oxygen atoms in total. The van der Waals surface area contributed by atoms with Crippen LogP contribution in [0.2, 0.25) is 5.15 Å². The molecule has 0 aliphatic rings. The minimum absolute atomic E-state index is 0.414. The van der Waals surface area contributed by atoms with Crippen molar-refractivity contribution in [3.8, 4) is 5.75 Å². The van der Waals surface area contributed by atoms with Crippen LogP contribution in [0.5, 0.6) is 5.75 Å². The summed E-state index contributed by atoms with van der Waals surface area (Å²) in [6.07, 6.45) is 2.49. The summed E-state index contributed by atoms with van der Waals surface area (Å²) < 4.78 is 5.69. The zero-order valence-corrected chi connectivity index (χ0v) is 15.0. The van der Waals surface area contributed by atoms with Crippen molar-refractivity contribution >= 4 is 29.2 Å². The minimum atomic E-state index is 0.414. The molecule has 1 aromatic carbocycles. The molecule has 7 heteroatoms. The number of anilines is 1. The standard InChI is InChI=1S/C16H21ClN4OS/c1-10(2)9-22-12-6-4-11(5-7-12)8-13-14(17)19-16(23-3)20-15(13)21-18/h4-7,10H,8-9,18H2,1-3H3,(H,19,20,21). The van der Waals surface area contributed by atoms with E-state index in [0.29, 0.717) is 35.1 Å². The van der Waals surface area contributed by atoms with Gasteiger partial charge in [-0.15, -0.1) is 0 Å². The molecule has 2 aromatic rings. The van der Waals surface area contributed by atoms with Gasteiger partial charge in [-0.1, -0.05) is 49.3 Å². The first kappa shape index (κ1) is 17.8. The molecular weight excluding hydrogens is 332 g/mol. The summed E-state index contributed by atoms with van der Waals surface area (Å²) in [5, 5.41) is 1.00. The number of hydrazine groups is 1. The summed E-state index contributed by atoms with van der Waals surface area (Å²) in [6.45, 7) is 4.95. The number of hydrogen-bond acceptors (Lipinski definition) is 6. The lowest BCUT2D eigenvalue weighted by Crippen LogP contribution is -2.13. The molecule has 0 aliphatic heterocycles. The Morgan fingerprint density at radius 2 is 1.96 bits per heavy atom. The van der Waals surface area contributed by atoms with Crippen molar-refractivity contribution in [2.75, 3.05) is 18.3 Å². The van der Waals surface area contributed by atoms with Gasteiger partial charge in [-0.3, -0.25) is 0 Å². The quantitative estimate of drug-likeness (QED) is 0.260. The van der Waals surface area contributed by atoms with Crippen molar-refractivity contribution in [3.63, 3.8) is 0 Å². The van der Waals surface area contributed by atoms with E-state index in [9.17, 15) is 0 Å². The summed E-state index contributed by atoms with van der Waals surface area (Å²) in [4.78, 5) is 8.60. The first-order valence-electron chi connectivity index (χ1n) is 7.32. The highest BCUT2D eigenvalue weighted by molar-refractivity contribution is 7.98. The van der Waals surface area contributed by atoms with Gasteiger partial charge in [0, 0.05) is 12.0 Å². The Kier molecular flexibility index (Phi) is 6.50. The number of nitrogen functional groups attached to an aromatic ring is 1. The van der Waals surface area contributed by atoms with Gasteiger partial charge in [0.25, 0.3) is 0 Å². The maximum absolute atomic E-state index is 6.27. The predicted molar refractivity (Wildman–Crippen MR) is 96.2 cm³/mol. The SMILES string of the molecule is CSc1nc(Cl)c(Cc2ccc(OCC(C)C)cc2)c(NN)n1. The Bertz CT molecular complexity index is 649. The first-order chi connectivity index (χ1) is 11.0. The van der Waals surface area contributed by atoms with Crippen LogP contribution >= 0.6 is 23.4 Å². The smallest absolute Gasteiger partial charge is 0.190 e. The van der Waals surface area contributed by atoms with Crippen LogP contribution in [0.4, 0.5) is 5.82 Å². The van der Waals surface area contributed by atoms with Gasteiger partial charge in [0.05, 0.1) is 6.61 Å². The van der Waals surface area contributed by atoms with E-state index in [1.807, 2.05) is 30.5 Å². The molecule has 0 atom stereocenters. The fraction of sp³-hybridized carbons (Fsp3) is 0.375. The van der Waals surface area contributed by atoms with E-state index in [-0.39, 0.29) is 0 Å². The molecule has 0 bridgehead atoms. The van der Waals surface area contributed by atoms with Gasteiger partial charge in [-0.2, -0.15) is 0 Å².